The Morgan fingerprint density at radius 3 is 2.26 bits per heavy atom. The Bertz CT molecular complexity index is 1890. The first-order valence-corrected chi connectivity index (χ1v) is 13.9. The quantitative estimate of drug-likeness (QED) is 0.173. The number of benzene rings is 5. The second kappa shape index (κ2) is 11.0. The molecule has 0 aliphatic rings. The summed E-state index contributed by atoms with van der Waals surface area (Å²) in [6.07, 6.45) is 1.65. The molecule has 6 rings (SSSR count). The molecule has 1 aromatic heterocycles. The molecule has 6 aromatic rings. The number of hydrogen-bond acceptors (Lipinski definition) is 4. The van der Waals surface area contributed by atoms with Gasteiger partial charge in [0.05, 0.1) is 26.1 Å². The summed E-state index contributed by atoms with van der Waals surface area (Å²) >= 11 is 7.30. The van der Waals surface area contributed by atoms with Crippen molar-refractivity contribution < 1.29 is 4.74 Å². The highest BCUT2D eigenvalue weighted by molar-refractivity contribution is 9.11. The zero-order valence-electron chi connectivity index (χ0n) is 20.6. The minimum atomic E-state index is -0.233. The van der Waals surface area contributed by atoms with E-state index in [1.165, 1.54) is 15.4 Å². The van der Waals surface area contributed by atoms with E-state index in [1.54, 1.807) is 12.3 Å². The maximum Gasteiger partial charge on any atom is 0.282 e. The van der Waals surface area contributed by atoms with Gasteiger partial charge < -0.3 is 4.74 Å². The largest absolute Gasteiger partial charge is 0.487 e. The zero-order valence-corrected chi connectivity index (χ0v) is 23.8. The van der Waals surface area contributed by atoms with Crippen LogP contribution in [0.15, 0.2) is 128 Å². The Labute approximate surface area is 241 Å². The van der Waals surface area contributed by atoms with Crippen molar-refractivity contribution in [1.82, 2.24) is 9.66 Å². The molecule has 0 bridgehead atoms. The molecule has 1 heterocycles. The van der Waals surface area contributed by atoms with Gasteiger partial charge in [-0.2, -0.15) is 9.78 Å². The lowest BCUT2D eigenvalue weighted by atomic mass is 10.1. The van der Waals surface area contributed by atoms with Crippen molar-refractivity contribution in [2.75, 3.05) is 0 Å². The molecule has 0 saturated heterocycles. The van der Waals surface area contributed by atoms with Crippen LogP contribution in [-0.4, -0.2) is 15.9 Å². The molecule has 0 amide bonds. The van der Waals surface area contributed by atoms with Gasteiger partial charge >= 0.3 is 0 Å². The number of nitrogens with zero attached hydrogens (tertiary/aromatic N) is 3. The van der Waals surface area contributed by atoms with Gasteiger partial charge in [0.1, 0.15) is 12.4 Å². The van der Waals surface area contributed by atoms with Crippen LogP contribution in [0.3, 0.4) is 0 Å². The Hall–Kier alpha value is -4.07. The number of rotatable bonds is 6. The van der Waals surface area contributed by atoms with E-state index < -0.39 is 0 Å². The van der Waals surface area contributed by atoms with Crippen molar-refractivity contribution in [2.45, 2.75) is 6.61 Å². The molecule has 0 fully saturated rings. The summed E-state index contributed by atoms with van der Waals surface area (Å²) in [6.45, 7) is 0.421. The fourth-order valence-electron chi connectivity index (χ4n) is 4.49. The normalized spacial score (nSPS) is 11.4. The predicted octanol–water partition coefficient (Wildman–Crippen LogP) is 8.20. The van der Waals surface area contributed by atoms with Gasteiger partial charge in [-0.3, -0.25) is 4.79 Å². The lowest BCUT2D eigenvalue weighted by Gasteiger charge is -2.13. The highest BCUT2D eigenvalue weighted by Gasteiger charge is 2.13. The summed E-state index contributed by atoms with van der Waals surface area (Å²) in [6, 6.07) is 35.2. The second-order valence-electron chi connectivity index (χ2n) is 8.92. The summed E-state index contributed by atoms with van der Waals surface area (Å²) in [7, 11) is 0. The van der Waals surface area contributed by atoms with Gasteiger partial charge in [0.15, 0.2) is 5.82 Å². The molecular weight excluding hydrogens is 618 g/mol. The first-order chi connectivity index (χ1) is 19.1. The minimum absolute atomic E-state index is 0.233. The van der Waals surface area contributed by atoms with Crippen molar-refractivity contribution in [3.8, 4) is 17.1 Å². The lowest BCUT2D eigenvalue weighted by molar-refractivity contribution is 0.303. The lowest BCUT2D eigenvalue weighted by Crippen LogP contribution is -2.20. The SMILES string of the molecule is O=c1c2ccccc2nc(-c2ccccc2)n1N=Cc1cc(Br)c(OCc2cccc3ccccc23)c(Br)c1. The van der Waals surface area contributed by atoms with E-state index >= 15 is 0 Å². The van der Waals surface area contributed by atoms with E-state index in [9.17, 15) is 4.79 Å². The molecule has 190 valence electrons. The van der Waals surface area contributed by atoms with Crippen LogP contribution in [0, 0.1) is 0 Å². The average Bonchev–Trinajstić information content (AvgIpc) is 2.96. The molecule has 0 N–H and O–H groups in total. The third-order valence-corrected chi connectivity index (χ3v) is 7.56. The van der Waals surface area contributed by atoms with Crippen LogP contribution < -0.4 is 10.3 Å². The predicted molar refractivity (Wildman–Crippen MR) is 165 cm³/mol. The zero-order chi connectivity index (χ0) is 26.8. The Balaban J connectivity index is 1.33. The highest BCUT2D eigenvalue weighted by Crippen LogP contribution is 2.35. The fraction of sp³-hybridized carbons (Fsp3) is 0.0312. The van der Waals surface area contributed by atoms with E-state index in [-0.39, 0.29) is 5.56 Å². The van der Waals surface area contributed by atoms with E-state index in [2.05, 4.69) is 61.2 Å². The van der Waals surface area contributed by atoms with Gasteiger partial charge in [0, 0.05) is 5.56 Å². The average molecular weight is 639 g/mol. The van der Waals surface area contributed by atoms with Crippen molar-refractivity contribution >= 4 is 59.7 Å². The molecule has 0 atom stereocenters. The molecule has 5 aromatic carbocycles. The van der Waals surface area contributed by atoms with Crippen molar-refractivity contribution in [1.29, 1.82) is 0 Å². The van der Waals surface area contributed by atoms with E-state index in [1.807, 2.05) is 78.9 Å². The van der Waals surface area contributed by atoms with Crippen molar-refractivity contribution in [3.05, 3.63) is 140 Å². The third-order valence-electron chi connectivity index (χ3n) is 6.38. The molecule has 0 unspecified atom stereocenters. The summed E-state index contributed by atoms with van der Waals surface area (Å²) < 4.78 is 9.11. The molecule has 0 radical (unpaired) electrons. The molecule has 0 spiro atoms. The number of halogens is 2. The topological polar surface area (TPSA) is 56.5 Å². The number of aromatic nitrogens is 2. The van der Waals surface area contributed by atoms with E-state index in [4.69, 9.17) is 9.72 Å². The van der Waals surface area contributed by atoms with Crippen LogP contribution in [0.4, 0.5) is 0 Å². The van der Waals surface area contributed by atoms with Gasteiger partial charge in [-0.25, -0.2) is 4.98 Å². The number of fused-ring (bicyclic) bond motifs is 2. The molecule has 0 aliphatic carbocycles. The first-order valence-electron chi connectivity index (χ1n) is 12.3. The van der Waals surface area contributed by atoms with Crippen LogP contribution in [0.25, 0.3) is 33.1 Å². The smallest absolute Gasteiger partial charge is 0.282 e. The Kier molecular flexibility index (Phi) is 7.09. The first kappa shape index (κ1) is 25.2. The monoisotopic (exact) mass is 637 g/mol. The fourth-order valence-corrected chi connectivity index (χ4v) is 5.94. The molecule has 0 saturated carbocycles. The van der Waals surface area contributed by atoms with Crippen LogP contribution in [0.2, 0.25) is 0 Å². The summed E-state index contributed by atoms with van der Waals surface area (Å²) in [5.74, 6) is 1.17. The van der Waals surface area contributed by atoms with Gasteiger partial charge in [-0.15, -0.1) is 0 Å². The second-order valence-corrected chi connectivity index (χ2v) is 10.6. The number of hydrogen-bond donors (Lipinski definition) is 0. The summed E-state index contributed by atoms with van der Waals surface area (Å²) in [5.41, 5.74) is 3.09. The van der Waals surface area contributed by atoms with Crippen LogP contribution in [0.5, 0.6) is 5.75 Å². The summed E-state index contributed by atoms with van der Waals surface area (Å²) in [5, 5.41) is 7.43. The maximum atomic E-state index is 13.4. The molecular formula is C32H21Br2N3O2. The van der Waals surface area contributed by atoms with E-state index in [0.717, 1.165) is 25.6 Å². The number of para-hydroxylation sites is 1. The van der Waals surface area contributed by atoms with Gasteiger partial charge in [-0.1, -0.05) is 84.9 Å². The Morgan fingerprint density at radius 1 is 0.795 bits per heavy atom. The molecule has 7 heteroatoms. The van der Waals surface area contributed by atoms with Gasteiger partial charge in [0.25, 0.3) is 5.56 Å². The third kappa shape index (κ3) is 5.15. The van der Waals surface area contributed by atoms with Crippen LogP contribution in [0.1, 0.15) is 11.1 Å². The highest BCUT2D eigenvalue weighted by atomic mass is 79.9. The van der Waals surface area contributed by atoms with Crippen molar-refractivity contribution in [2.24, 2.45) is 5.10 Å². The standard InChI is InChI=1S/C32H21Br2N3O2/c33-27-17-21(18-28(34)30(27)39-20-24-13-8-12-22-9-4-5-14-25(22)24)19-35-37-31(23-10-2-1-3-11-23)36-29-16-7-6-15-26(29)32(37)38/h1-19H,20H2. The number of ether oxygens (including phenoxy) is 1. The molecule has 0 aliphatic heterocycles. The summed E-state index contributed by atoms with van der Waals surface area (Å²) in [4.78, 5) is 18.2. The Morgan fingerprint density at radius 2 is 1.46 bits per heavy atom. The minimum Gasteiger partial charge on any atom is -0.487 e. The molecule has 5 nitrogen and oxygen atoms in total. The van der Waals surface area contributed by atoms with Crippen LogP contribution in [-0.2, 0) is 6.61 Å². The molecule has 39 heavy (non-hydrogen) atoms. The maximum absolute atomic E-state index is 13.4. The van der Waals surface area contributed by atoms with Crippen molar-refractivity contribution in [3.63, 3.8) is 0 Å². The van der Waals surface area contributed by atoms with Gasteiger partial charge in [-0.05, 0) is 78.0 Å². The van der Waals surface area contributed by atoms with Gasteiger partial charge in [0.2, 0.25) is 0 Å². The van der Waals surface area contributed by atoms with E-state index in [0.29, 0.717) is 29.1 Å². The van der Waals surface area contributed by atoms with Crippen LogP contribution >= 0.6 is 31.9 Å².